The SMILES string of the molecule is COc1c(CNC2(C3CC3)CC2)cc(O)c2c1C[C@H]1C[C@H]3[C@H](N(C)C)C(=O)C(C(N)=O)=C(O)[C@@]3(O)C(=O)C1=C2O. The Hall–Kier alpha value is -3.41. The highest BCUT2D eigenvalue weighted by atomic mass is 16.5. The summed E-state index contributed by atoms with van der Waals surface area (Å²) >= 11 is 0. The van der Waals surface area contributed by atoms with Gasteiger partial charge in [-0.3, -0.25) is 19.3 Å². The van der Waals surface area contributed by atoms with Gasteiger partial charge in [-0.05, 0) is 70.5 Å². The van der Waals surface area contributed by atoms with Crippen molar-refractivity contribution in [2.75, 3.05) is 21.2 Å². The number of phenols is 1. The zero-order valence-electron chi connectivity index (χ0n) is 22.8. The summed E-state index contributed by atoms with van der Waals surface area (Å²) in [5, 5.41) is 48.8. The van der Waals surface area contributed by atoms with Crippen molar-refractivity contribution in [3.63, 3.8) is 0 Å². The lowest BCUT2D eigenvalue weighted by Gasteiger charge is -2.50. The number of carbonyl (C=O) groups excluding carboxylic acids is 3. The number of rotatable bonds is 7. The quantitative estimate of drug-likeness (QED) is 0.267. The summed E-state index contributed by atoms with van der Waals surface area (Å²) in [6, 6.07) is 0.389. The molecule has 3 saturated carbocycles. The van der Waals surface area contributed by atoms with E-state index >= 15 is 0 Å². The molecule has 0 bridgehead atoms. The number of primary amides is 1. The summed E-state index contributed by atoms with van der Waals surface area (Å²) in [6.07, 6.45) is 4.88. The molecule has 0 spiro atoms. The average molecular weight is 554 g/mol. The van der Waals surface area contributed by atoms with Crippen LogP contribution in [0.3, 0.4) is 0 Å². The Balaban J connectivity index is 1.45. The van der Waals surface area contributed by atoms with Gasteiger partial charge in [0, 0.05) is 34.7 Å². The molecule has 11 nitrogen and oxygen atoms in total. The van der Waals surface area contributed by atoms with Crippen molar-refractivity contribution in [2.45, 2.75) is 62.3 Å². The molecular formula is C29H35N3O8. The minimum Gasteiger partial charge on any atom is -0.508 e. The zero-order chi connectivity index (χ0) is 28.9. The van der Waals surface area contributed by atoms with Crippen LogP contribution in [0.15, 0.2) is 23.0 Å². The fourth-order valence-electron chi connectivity index (χ4n) is 7.51. The number of methoxy groups -OCH3 is 1. The minimum absolute atomic E-state index is 0.0280. The van der Waals surface area contributed by atoms with E-state index in [-0.39, 0.29) is 35.3 Å². The number of carbonyl (C=O) groups is 3. The van der Waals surface area contributed by atoms with E-state index in [0.717, 1.165) is 18.4 Å². The third kappa shape index (κ3) is 3.57. The lowest BCUT2D eigenvalue weighted by atomic mass is 9.57. The molecule has 5 aliphatic carbocycles. The minimum atomic E-state index is -2.66. The Labute approximate surface area is 231 Å². The summed E-state index contributed by atoms with van der Waals surface area (Å²) in [5.41, 5.74) is 3.12. The first-order valence-electron chi connectivity index (χ1n) is 13.7. The molecule has 0 unspecified atom stereocenters. The van der Waals surface area contributed by atoms with Gasteiger partial charge < -0.3 is 36.2 Å². The summed E-state index contributed by atoms with van der Waals surface area (Å²) < 4.78 is 5.80. The molecule has 40 heavy (non-hydrogen) atoms. The molecule has 4 atom stereocenters. The fourth-order valence-corrected chi connectivity index (χ4v) is 7.51. The molecule has 5 aliphatic rings. The van der Waals surface area contributed by atoms with E-state index in [9.17, 15) is 34.8 Å². The number of amides is 1. The van der Waals surface area contributed by atoms with E-state index < -0.39 is 58.0 Å². The maximum Gasteiger partial charge on any atom is 0.255 e. The van der Waals surface area contributed by atoms with Crippen LogP contribution in [0.4, 0.5) is 0 Å². The largest absolute Gasteiger partial charge is 0.508 e. The summed E-state index contributed by atoms with van der Waals surface area (Å²) in [7, 11) is 4.66. The maximum atomic E-state index is 13.9. The number of nitrogens with zero attached hydrogens (tertiary/aromatic N) is 1. The van der Waals surface area contributed by atoms with Crippen molar-refractivity contribution in [1.82, 2.24) is 10.2 Å². The number of benzene rings is 1. The lowest BCUT2D eigenvalue weighted by molar-refractivity contribution is -0.153. The first-order chi connectivity index (χ1) is 18.9. The van der Waals surface area contributed by atoms with Crippen LogP contribution in [0.25, 0.3) is 5.76 Å². The monoisotopic (exact) mass is 553 g/mol. The molecule has 11 heteroatoms. The summed E-state index contributed by atoms with van der Waals surface area (Å²) in [4.78, 5) is 40.8. The first-order valence-corrected chi connectivity index (χ1v) is 13.7. The van der Waals surface area contributed by atoms with Crippen molar-refractivity contribution in [3.05, 3.63) is 39.7 Å². The third-order valence-electron chi connectivity index (χ3n) is 9.73. The first kappa shape index (κ1) is 26.8. The normalized spacial score (nSPS) is 30.7. The molecule has 6 rings (SSSR count). The Morgan fingerprint density at radius 1 is 1.20 bits per heavy atom. The van der Waals surface area contributed by atoms with Crippen LogP contribution in [0, 0.1) is 17.8 Å². The Morgan fingerprint density at radius 2 is 1.88 bits per heavy atom. The number of nitrogens with one attached hydrogen (secondary N) is 1. The number of aliphatic hydroxyl groups excluding tert-OH is 2. The van der Waals surface area contributed by atoms with Gasteiger partial charge in [-0.1, -0.05) is 0 Å². The Kier molecular flexibility index (Phi) is 5.89. The van der Waals surface area contributed by atoms with Gasteiger partial charge in [0.05, 0.1) is 18.7 Å². The van der Waals surface area contributed by atoms with E-state index in [4.69, 9.17) is 10.5 Å². The number of fused-ring (bicyclic) bond motifs is 3. The number of aliphatic hydroxyl groups is 3. The van der Waals surface area contributed by atoms with Gasteiger partial charge in [-0.25, -0.2) is 0 Å². The second-order valence-electron chi connectivity index (χ2n) is 12.2. The highest BCUT2D eigenvalue weighted by molar-refractivity contribution is 6.24. The van der Waals surface area contributed by atoms with E-state index in [0.29, 0.717) is 23.8 Å². The number of hydrogen-bond acceptors (Lipinski definition) is 10. The van der Waals surface area contributed by atoms with Crippen LogP contribution >= 0.6 is 0 Å². The number of aromatic hydroxyl groups is 1. The van der Waals surface area contributed by atoms with E-state index in [1.165, 1.54) is 30.9 Å². The standard InChI is InChI=1S/C29H35N3O8/c1-32(2)21-16-9-12-8-15-19(17(33)10-13(24(15)40-3)11-31-28(6-7-28)14-4-5-14)22(34)18(12)25(36)29(16,39)26(37)20(23(21)35)27(30)38/h10,12,14,16,21,31,33-34,37,39H,4-9,11H2,1-3H3,(H2,30,38)/t12-,16-,21-,29-/m0/s1. The van der Waals surface area contributed by atoms with Gasteiger partial charge in [0.15, 0.2) is 11.4 Å². The van der Waals surface area contributed by atoms with Gasteiger partial charge in [-0.15, -0.1) is 0 Å². The van der Waals surface area contributed by atoms with Crippen molar-refractivity contribution in [3.8, 4) is 11.5 Å². The van der Waals surface area contributed by atoms with Gasteiger partial charge in [0.2, 0.25) is 5.78 Å². The number of phenolic OH excluding ortho intramolecular Hbond substituents is 1. The van der Waals surface area contributed by atoms with Crippen LogP contribution in [0.1, 0.15) is 48.8 Å². The van der Waals surface area contributed by atoms with Crippen LogP contribution < -0.4 is 15.8 Å². The number of nitrogens with two attached hydrogens (primary N) is 1. The molecule has 7 N–H and O–H groups in total. The summed E-state index contributed by atoms with van der Waals surface area (Å²) in [5.74, 6) is -5.54. The molecular weight excluding hydrogens is 518 g/mol. The molecule has 0 aromatic heterocycles. The number of ether oxygens (including phenoxy) is 1. The maximum absolute atomic E-state index is 13.9. The Morgan fingerprint density at radius 3 is 2.42 bits per heavy atom. The van der Waals surface area contributed by atoms with Crippen LogP contribution in [-0.4, -0.2) is 81.2 Å². The zero-order valence-corrected chi connectivity index (χ0v) is 22.8. The predicted octanol–water partition coefficient (Wildman–Crippen LogP) is 1.00. The van der Waals surface area contributed by atoms with Crippen LogP contribution in [0.2, 0.25) is 0 Å². The molecule has 0 saturated heterocycles. The van der Waals surface area contributed by atoms with Crippen molar-refractivity contribution >= 4 is 23.2 Å². The summed E-state index contributed by atoms with van der Waals surface area (Å²) in [6.45, 7) is 0.468. The van der Waals surface area contributed by atoms with Gasteiger partial charge in [-0.2, -0.15) is 0 Å². The second kappa shape index (κ2) is 8.79. The molecule has 0 heterocycles. The average Bonchev–Trinajstić information content (AvgIpc) is 3.78. The highest BCUT2D eigenvalue weighted by Crippen LogP contribution is 2.56. The number of Topliss-reactive ketones (excluding diaryl/α,β-unsaturated/α-hetero) is 2. The topological polar surface area (TPSA) is 183 Å². The third-order valence-corrected chi connectivity index (χ3v) is 9.73. The molecule has 1 aromatic rings. The molecule has 214 valence electrons. The molecule has 0 aliphatic heterocycles. The molecule has 1 aromatic carbocycles. The molecule has 0 radical (unpaired) electrons. The molecule has 1 amide bonds. The Bertz CT molecular complexity index is 1420. The van der Waals surface area contributed by atoms with Crippen molar-refractivity contribution in [1.29, 1.82) is 0 Å². The van der Waals surface area contributed by atoms with Gasteiger partial charge >= 0.3 is 0 Å². The van der Waals surface area contributed by atoms with Gasteiger partial charge in [0.25, 0.3) is 5.91 Å². The van der Waals surface area contributed by atoms with Crippen molar-refractivity contribution in [2.24, 2.45) is 23.5 Å². The highest BCUT2D eigenvalue weighted by Gasteiger charge is 2.64. The van der Waals surface area contributed by atoms with Crippen LogP contribution in [0.5, 0.6) is 11.5 Å². The van der Waals surface area contributed by atoms with E-state index in [2.05, 4.69) is 5.32 Å². The number of hydrogen-bond donors (Lipinski definition) is 6. The molecule has 3 fully saturated rings. The van der Waals surface area contributed by atoms with Crippen molar-refractivity contribution < 1.29 is 39.5 Å². The number of likely N-dealkylation sites (N-methyl/N-ethyl adjacent to an activating group) is 1. The van der Waals surface area contributed by atoms with Crippen LogP contribution in [-0.2, 0) is 27.3 Å². The predicted molar refractivity (Wildman–Crippen MR) is 142 cm³/mol. The van der Waals surface area contributed by atoms with E-state index in [1.54, 1.807) is 14.1 Å². The lowest BCUT2D eigenvalue weighted by Crippen LogP contribution is -2.65. The fraction of sp³-hybridized carbons (Fsp3) is 0.552. The van der Waals surface area contributed by atoms with Gasteiger partial charge in [0.1, 0.15) is 28.6 Å². The number of ketones is 2. The second-order valence-corrected chi connectivity index (χ2v) is 12.2. The van der Waals surface area contributed by atoms with E-state index in [1.807, 2.05) is 0 Å². The smallest absolute Gasteiger partial charge is 0.255 e.